The molecule has 1 aliphatic rings. The first-order valence-corrected chi connectivity index (χ1v) is 10.8. The highest BCUT2D eigenvalue weighted by Crippen LogP contribution is 2.33. The van der Waals surface area contributed by atoms with E-state index >= 15 is 0 Å². The molecule has 5 rings (SSSR count). The number of aromatic nitrogens is 3. The first-order valence-electron chi connectivity index (χ1n) is 10.4. The highest BCUT2D eigenvalue weighted by Gasteiger charge is 2.31. The van der Waals surface area contributed by atoms with Crippen LogP contribution in [0, 0.1) is 0 Å². The first-order chi connectivity index (χ1) is 15.6. The van der Waals surface area contributed by atoms with Crippen molar-refractivity contribution in [3.8, 4) is 17.1 Å². The van der Waals surface area contributed by atoms with Gasteiger partial charge in [0.2, 0.25) is 0 Å². The Bertz CT molecular complexity index is 1270. The van der Waals surface area contributed by atoms with Gasteiger partial charge in [-0.2, -0.15) is 0 Å². The molecule has 0 saturated carbocycles. The van der Waals surface area contributed by atoms with E-state index < -0.39 is 0 Å². The van der Waals surface area contributed by atoms with E-state index in [2.05, 4.69) is 14.9 Å². The molecule has 0 spiro atoms. The van der Waals surface area contributed by atoms with Gasteiger partial charge in [-0.3, -0.25) is 0 Å². The van der Waals surface area contributed by atoms with Crippen LogP contribution in [0.5, 0.6) is 5.75 Å². The molecule has 2 aromatic heterocycles. The number of benzene rings is 2. The fourth-order valence-electron chi connectivity index (χ4n) is 4.11. The molecule has 1 unspecified atom stereocenters. The number of pyridine rings is 1. The molecule has 1 N–H and O–H groups in total. The van der Waals surface area contributed by atoms with Gasteiger partial charge in [-0.1, -0.05) is 23.7 Å². The number of carbonyl (C=O) groups is 1. The van der Waals surface area contributed by atoms with Crippen molar-refractivity contribution in [2.75, 3.05) is 25.5 Å². The summed E-state index contributed by atoms with van der Waals surface area (Å²) >= 11 is 6.20. The largest absolute Gasteiger partial charge is 0.497 e. The normalized spacial score (nSPS) is 15.8. The quantitative estimate of drug-likeness (QED) is 0.464. The number of para-hydroxylation sites is 1. The number of urea groups is 1. The molecule has 1 atom stereocenters. The second kappa shape index (κ2) is 8.51. The number of nitrogens with zero attached hydrogens (tertiary/aromatic N) is 4. The van der Waals surface area contributed by atoms with Gasteiger partial charge in [-0.15, -0.1) is 0 Å². The van der Waals surface area contributed by atoms with Crippen molar-refractivity contribution in [1.29, 1.82) is 0 Å². The van der Waals surface area contributed by atoms with Crippen LogP contribution in [-0.2, 0) is 0 Å². The van der Waals surface area contributed by atoms with Crippen molar-refractivity contribution in [3.05, 3.63) is 71.9 Å². The maximum atomic E-state index is 12.9. The number of imidazole rings is 1. The summed E-state index contributed by atoms with van der Waals surface area (Å²) in [5.41, 5.74) is 3.23. The van der Waals surface area contributed by atoms with E-state index in [0.717, 1.165) is 34.7 Å². The van der Waals surface area contributed by atoms with Gasteiger partial charge in [0.1, 0.15) is 17.1 Å². The van der Waals surface area contributed by atoms with Gasteiger partial charge in [0.25, 0.3) is 0 Å². The zero-order valence-corrected chi connectivity index (χ0v) is 18.3. The van der Waals surface area contributed by atoms with Crippen molar-refractivity contribution >= 4 is 34.5 Å². The Hall–Kier alpha value is -3.58. The Morgan fingerprint density at radius 1 is 1.12 bits per heavy atom. The molecule has 8 heteroatoms. The number of nitrogens with one attached hydrogen (secondary N) is 1. The lowest BCUT2D eigenvalue weighted by Gasteiger charge is -2.19. The summed E-state index contributed by atoms with van der Waals surface area (Å²) in [5.74, 6) is 1.62. The Morgan fingerprint density at radius 3 is 2.72 bits per heavy atom. The van der Waals surface area contributed by atoms with E-state index in [4.69, 9.17) is 21.3 Å². The maximum absolute atomic E-state index is 12.9. The molecule has 1 aliphatic heterocycles. The zero-order valence-electron chi connectivity index (χ0n) is 17.5. The number of rotatable bonds is 4. The molecule has 162 valence electrons. The highest BCUT2D eigenvalue weighted by molar-refractivity contribution is 6.33. The molecule has 7 nitrogen and oxygen atoms in total. The van der Waals surface area contributed by atoms with E-state index in [1.54, 1.807) is 30.3 Å². The monoisotopic (exact) mass is 447 g/mol. The van der Waals surface area contributed by atoms with Crippen LogP contribution in [0.25, 0.3) is 22.6 Å². The summed E-state index contributed by atoms with van der Waals surface area (Å²) in [6.45, 7) is 1.19. The average molecular weight is 448 g/mol. The van der Waals surface area contributed by atoms with Gasteiger partial charge in [0.15, 0.2) is 5.65 Å². The van der Waals surface area contributed by atoms with Crippen LogP contribution >= 0.6 is 11.6 Å². The van der Waals surface area contributed by atoms with Crippen molar-refractivity contribution in [3.63, 3.8) is 0 Å². The summed E-state index contributed by atoms with van der Waals surface area (Å²) in [6.07, 6.45) is 2.58. The summed E-state index contributed by atoms with van der Waals surface area (Å²) in [4.78, 5) is 24.1. The molecule has 0 aliphatic carbocycles. The molecule has 0 radical (unpaired) electrons. The number of amides is 2. The molecular weight excluding hydrogens is 426 g/mol. The zero-order chi connectivity index (χ0) is 22.1. The predicted molar refractivity (Wildman–Crippen MR) is 125 cm³/mol. The van der Waals surface area contributed by atoms with E-state index in [-0.39, 0.29) is 12.1 Å². The lowest BCUT2D eigenvalue weighted by molar-refractivity contribution is 0.221. The number of hydrogen-bond donors (Lipinski definition) is 1. The summed E-state index contributed by atoms with van der Waals surface area (Å²) in [6, 6.07) is 18.8. The predicted octanol–water partition coefficient (Wildman–Crippen LogP) is 5.24. The molecule has 2 amide bonds. The second-order valence-corrected chi connectivity index (χ2v) is 8.09. The van der Waals surface area contributed by atoms with E-state index in [0.29, 0.717) is 23.8 Å². The number of methoxy groups -OCH3 is 1. The van der Waals surface area contributed by atoms with Crippen LogP contribution in [0.4, 0.5) is 10.5 Å². The Balaban J connectivity index is 1.44. The lowest BCUT2D eigenvalue weighted by Crippen LogP contribution is -2.33. The summed E-state index contributed by atoms with van der Waals surface area (Å²) in [5, 5.41) is 3.43. The van der Waals surface area contributed by atoms with Crippen molar-refractivity contribution in [2.45, 2.75) is 12.5 Å². The number of ether oxygens (including phenoxy) is 1. The Morgan fingerprint density at radius 2 is 1.94 bits per heavy atom. The fourth-order valence-corrected chi connectivity index (χ4v) is 4.30. The third-order valence-electron chi connectivity index (χ3n) is 5.73. The minimum Gasteiger partial charge on any atom is -0.497 e. The van der Waals surface area contributed by atoms with Crippen LogP contribution < -0.4 is 10.1 Å². The number of fused-ring (bicyclic) bond motifs is 1. The van der Waals surface area contributed by atoms with Crippen molar-refractivity contribution in [1.82, 2.24) is 19.4 Å². The smallest absolute Gasteiger partial charge is 0.321 e. The number of anilines is 1. The number of halogens is 1. The van der Waals surface area contributed by atoms with Crippen LogP contribution in [0.1, 0.15) is 12.5 Å². The van der Waals surface area contributed by atoms with Gasteiger partial charge in [0, 0.05) is 24.8 Å². The average Bonchev–Trinajstić information content (AvgIpc) is 3.45. The van der Waals surface area contributed by atoms with Gasteiger partial charge < -0.3 is 19.5 Å². The number of carbonyl (C=O) groups excluding carboxylic acids is 1. The number of likely N-dealkylation sites (tertiary alicyclic amines) is 1. The first kappa shape index (κ1) is 20.3. The van der Waals surface area contributed by atoms with E-state index in [1.807, 2.05) is 48.5 Å². The lowest BCUT2D eigenvalue weighted by atomic mass is 10.2. The Kier molecular flexibility index (Phi) is 5.41. The minimum absolute atomic E-state index is 0.0593. The molecule has 1 saturated heterocycles. The van der Waals surface area contributed by atoms with Crippen LogP contribution in [0.15, 0.2) is 66.9 Å². The highest BCUT2D eigenvalue weighted by atomic mass is 35.5. The van der Waals surface area contributed by atoms with Gasteiger partial charge in [0.05, 0.1) is 23.9 Å². The molecule has 0 bridgehead atoms. The van der Waals surface area contributed by atoms with Gasteiger partial charge in [-0.05, 0) is 55.0 Å². The van der Waals surface area contributed by atoms with E-state index in [9.17, 15) is 4.79 Å². The Labute approximate surface area is 190 Å². The van der Waals surface area contributed by atoms with Crippen LogP contribution in [-0.4, -0.2) is 45.7 Å². The molecular formula is C24H22ClN5O2. The minimum atomic E-state index is -0.163. The molecule has 2 aromatic carbocycles. The van der Waals surface area contributed by atoms with Gasteiger partial charge in [-0.25, -0.2) is 14.8 Å². The van der Waals surface area contributed by atoms with Gasteiger partial charge >= 0.3 is 6.03 Å². The van der Waals surface area contributed by atoms with Crippen molar-refractivity contribution < 1.29 is 9.53 Å². The SMILES string of the molecule is COc1ccc(-c2nc3cccnc3n2C2CCN(C(=O)Nc3ccccc3Cl)C2)cc1. The molecule has 1 fully saturated rings. The van der Waals surface area contributed by atoms with E-state index in [1.165, 1.54) is 0 Å². The summed E-state index contributed by atoms with van der Waals surface area (Å²) < 4.78 is 7.44. The molecule has 4 aromatic rings. The topological polar surface area (TPSA) is 72.3 Å². The maximum Gasteiger partial charge on any atom is 0.321 e. The standard InChI is InChI=1S/C24H22ClN5O2/c1-32-18-10-8-16(9-11-18)22-27-21-7-4-13-26-23(21)30(22)17-12-14-29(15-17)24(31)28-20-6-3-2-5-19(20)25/h2-11,13,17H,12,14-15H2,1H3,(H,28,31). The van der Waals surface area contributed by atoms with Crippen LogP contribution in [0.3, 0.4) is 0 Å². The fraction of sp³-hybridized carbons (Fsp3) is 0.208. The summed E-state index contributed by atoms with van der Waals surface area (Å²) in [7, 11) is 1.65. The third kappa shape index (κ3) is 3.76. The molecule has 32 heavy (non-hydrogen) atoms. The second-order valence-electron chi connectivity index (χ2n) is 7.68. The third-order valence-corrected chi connectivity index (χ3v) is 6.06. The molecule has 3 heterocycles. The van der Waals surface area contributed by atoms with Crippen molar-refractivity contribution in [2.24, 2.45) is 0 Å². The number of hydrogen-bond acceptors (Lipinski definition) is 4. The van der Waals surface area contributed by atoms with Crippen LogP contribution in [0.2, 0.25) is 5.02 Å².